The third-order valence-corrected chi connectivity index (χ3v) is 4.86. The molecule has 37 heavy (non-hydrogen) atoms. The molecule has 0 aliphatic heterocycles. The van der Waals surface area contributed by atoms with Crippen LogP contribution < -0.4 is 20.3 Å². The van der Waals surface area contributed by atoms with Gasteiger partial charge in [0.2, 0.25) is 5.88 Å². The van der Waals surface area contributed by atoms with E-state index in [0.717, 1.165) is 0 Å². The first-order valence-electron chi connectivity index (χ1n) is 12.0. The molecule has 0 spiro atoms. The van der Waals surface area contributed by atoms with E-state index >= 15 is 0 Å². The lowest BCUT2D eigenvalue weighted by molar-refractivity contribution is 0.0587. The van der Waals surface area contributed by atoms with Crippen molar-refractivity contribution in [3.05, 3.63) is 36.2 Å². The number of aliphatic hydroxyl groups excluding tert-OH is 1. The Morgan fingerprint density at radius 1 is 1.27 bits per heavy atom. The SMILES string of the molecule is CC.COc1ncccc1Nc1cc(N(C)C(=O)OC(C)(C)C)n2ncc(C(=O)NCC(C)CO)c2n1. The molecule has 0 bridgehead atoms. The van der Waals surface area contributed by atoms with Gasteiger partial charge in [0, 0.05) is 32.5 Å². The predicted molar refractivity (Wildman–Crippen MR) is 142 cm³/mol. The molecule has 12 heteroatoms. The van der Waals surface area contributed by atoms with Gasteiger partial charge in [0.25, 0.3) is 5.91 Å². The van der Waals surface area contributed by atoms with Crippen molar-refractivity contribution in [1.29, 1.82) is 0 Å². The second-order valence-corrected chi connectivity index (χ2v) is 9.02. The first-order chi connectivity index (χ1) is 17.5. The highest BCUT2D eigenvalue weighted by Gasteiger charge is 2.25. The number of nitrogens with zero attached hydrogens (tertiary/aromatic N) is 5. The second kappa shape index (κ2) is 12.9. The molecule has 0 aliphatic carbocycles. The van der Waals surface area contributed by atoms with Crippen LogP contribution in [-0.2, 0) is 4.74 Å². The summed E-state index contributed by atoms with van der Waals surface area (Å²) in [6.07, 6.45) is 2.37. The molecule has 3 N–H and O–H groups in total. The summed E-state index contributed by atoms with van der Waals surface area (Å²) in [7, 11) is 3.04. The maximum absolute atomic E-state index is 12.9. The highest BCUT2D eigenvalue weighted by atomic mass is 16.6. The maximum atomic E-state index is 12.9. The Bertz CT molecular complexity index is 1210. The van der Waals surface area contributed by atoms with Gasteiger partial charge in [-0.2, -0.15) is 9.61 Å². The van der Waals surface area contributed by atoms with Gasteiger partial charge in [-0.05, 0) is 38.8 Å². The van der Waals surface area contributed by atoms with Crippen molar-refractivity contribution in [2.45, 2.75) is 47.1 Å². The van der Waals surface area contributed by atoms with Gasteiger partial charge in [-0.15, -0.1) is 0 Å². The summed E-state index contributed by atoms with van der Waals surface area (Å²) in [5.41, 5.74) is 0.258. The number of ether oxygens (including phenoxy) is 2. The molecule has 3 rings (SSSR count). The molecule has 12 nitrogen and oxygen atoms in total. The third kappa shape index (κ3) is 7.53. The Kier molecular flexibility index (Phi) is 10.2. The number of methoxy groups -OCH3 is 1. The molecule has 2 amide bonds. The van der Waals surface area contributed by atoms with Crippen LogP contribution in [0, 0.1) is 5.92 Å². The van der Waals surface area contributed by atoms with Crippen LogP contribution in [0.5, 0.6) is 5.88 Å². The second-order valence-electron chi connectivity index (χ2n) is 9.02. The minimum Gasteiger partial charge on any atom is -0.480 e. The van der Waals surface area contributed by atoms with E-state index in [9.17, 15) is 14.7 Å². The molecule has 0 aromatic carbocycles. The highest BCUT2D eigenvalue weighted by Crippen LogP contribution is 2.28. The number of amides is 2. The van der Waals surface area contributed by atoms with E-state index in [0.29, 0.717) is 23.2 Å². The molecule has 202 valence electrons. The summed E-state index contributed by atoms with van der Waals surface area (Å²) in [5, 5.41) is 19.4. The predicted octanol–water partition coefficient (Wildman–Crippen LogP) is 3.63. The Labute approximate surface area is 217 Å². The number of aromatic nitrogens is 4. The number of pyridine rings is 1. The van der Waals surface area contributed by atoms with E-state index < -0.39 is 17.6 Å². The van der Waals surface area contributed by atoms with E-state index in [1.54, 1.807) is 52.2 Å². The van der Waals surface area contributed by atoms with Gasteiger partial charge in [-0.3, -0.25) is 9.69 Å². The van der Waals surface area contributed by atoms with Crippen molar-refractivity contribution in [3.8, 4) is 5.88 Å². The molecule has 0 saturated carbocycles. The van der Waals surface area contributed by atoms with Gasteiger partial charge in [-0.1, -0.05) is 20.8 Å². The van der Waals surface area contributed by atoms with Crippen LogP contribution in [-0.4, -0.2) is 69.6 Å². The number of hydrogen-bond acceptors (Lipinski definition) is 9. The summed E-state index contributed by atoms with van der Waals surface area (Å²) in [6.45, 7) is 11.3. The van der Waals surface area contributed by atoms with Crippen LogP contribution in [0.4, 0.5) is 22.1 Å². The molecular weight excluding hydrogens is 478 g/mol. The van der Waals surface area contributed by atoms with Crippen LogP contribution in [0.15, 0.2) is 30.6 Å². The van der Waals surface area contributed by atoms with E-state index in [1.165, 1.54) is 22.7 Å². The minimum absolute atomic E-state index is 0.0564. The van der Waals surface area contributed by atoms with E-state index in [4.69, 9.17) is 9.47 Å². The molecule has 3 aromatic heterocycles. The first kappa shape index (κ1) is 29.3. The zero-order chi connectivity index (χ0) is 27.8. The largest absolute Gasteiger partial charge is 0.480 e. The van der Waals surface area contributed by atoms with E-state index in [1.807, 2.05) is 20.8 Å². The van der Waals surface area contributed by atoms with Crippen molar-refractivity contribution in [1.82, 2.24) is 24.9 Å². The zero-order valence-electron chi connectivity index (χ0n) is 22.7. The lowest BCUT2D eigenvalue weighted by atomic mass is 10.2. The van der Waals surface area contributed by atoms with Gasteiger partial charge in [0.1, 0.15) is 28.5 Å². The number of fused-ring (bicyclic) bond motifs is 1. The molecular formula is C25H37N7O5. The van der Waals surface area contributed by atoms with Crippen molar-refractivity contribution in [2.75, 3.05) is 37.5 Å². The molecule has 1 unspecified atom stereocenters. The number of anilines is 3. The molecule has 3 heterocycles. The van der Waals surface area contributed by atoms with Crippen LogP contribution in [0.3, 0.4) is 0 Å². The Balaban J connectivity index is 0.00000235. The summed E-state index contributed by atoms with van der Waals surface area (Å²) in [5.74, 6) is 0.471. The Morgan fingerprint density at radius 3 is 2.59 bits per heavy atom. The number of hydrogen-bond donors (Lipinski definition) is 3. The molecule has 0 saturated heterocycles. The highest BCUT2D eigenvalue weighted by molar-refractivity contribution is 6.00. The topological polar surface area (TPSA) is 143 Å². The number of carbonyl (C=O) groups excluding carboxylic acids is 2. The van der Waals surface area contributed by atoms with Crippen LogP contribution in [0.25, 0.3) is 5.65 Å². The maximum Gasteiger partial charge on any atom is 0.415 e. The molecule has 0 aliphatic rings. The lowest BCUT2D eigenvalue weighted by Gasteiger charge is -2.25. The van der Waals surface area contributed by atoms with E-state index in [2.05, 4.69) is 25.7 Å². The fourth-order valence-electron chi connectivity index (χ4n) is 3.05. The smallest absolute Gasteiger partial charge is 0.415 e. The van der Waals surface area contributed by atoms with Gasteiger partial charge < -0.3 is 25.2 Å². The average Bonchev–Trinajstić information content (AvgIpc) is 3.30. The first-order valence-corrected chi connectivity index (χ1v) is 12.0. The van der Waals surface area contributed by atoms with Gasteiger partial charge in [0.05, 0.1) is 13.3 Å². The number of carbonyl (C=O) groups is 2. The Hall–Kier alpha value is -3.93. The lowest BCUT2D eigenvalue weighted by Crippen LogP contribution is -2.35. The standard InChI is InChI=1S/C23H31N7O5.C2H6/c1-14(13-31)11-25-20(32)15-12-26-30-18(29(5)22(33)35-23(2,3)4)10-17(28-19(15)30)27-16-8-7-9-24-21(16)34-6;1-2/h7-10,12,14,31H,11,13H2,1-6H3,(H,25,32)(H,27,28);1-2H3. The quantitative estimate of drug-likeness (QED) is 0.410. The van der Waals surface area contributed by atoms with Crippen molar-refractivity contribution < 1.29 is 24.2 Å². The van der Waals surface area contributed by atoms with Crippen LogP contribution in [0.1, 0.15) is 51.9 Å². The van der Waals surface area contributed by atoms with Crippen LogP contribution in [0.2, 0.25) is 0 Å². The Morgan fingerprint density at radius 2 is 1.97 bits per heavy atom. The average molecular weight is 516 g/mol. The van der Waals surface area contributed by atoms with Gasteiger partial charge in [-0.25, -0.2) is 14.8 Å². The molecule has 3 aromatic rings. The minimum atomic E-state index is -0.708. The molecule has 0 fully saturated rings. The number of aliphatic hydroxyl groups is 1. The summed E-state index contributed by atoms with van der Waals surface area (Å²) >= 11 is 0. The normalized spacial score (nSPS) is 11.7. The summed E-state index contributed by atoms with van der Waals surface area (Å²) in [6, 6.07) is 5.10. The molecule has 0 radical (unpaired) electrons. The fraction of sp³-hybridized carbons (Fsp3) is 0.480. The summed E-state index contributed by atoms with van der Waals surface area (Å²) in [4.78, 5) is 35.7. The van der Waals surface area contributed by atoms with Crippen molar-refractivity contribution >= 4 is 35.0 Å². The monoisotopic (exact) mass is 515 g/mol. The third-order valence-electron chi connectivity index (χ3n) is 4.86. The summed E-state index contributed by atoms with van der Waals surface area (Å²) < 4.78 is 12.2. The van der Waals surface area contributed by atoms with Gasteiger partial charge >= 0.3 is 6.09 Å². The number of rotatable bonds is 8. The zero-order valence-corrected chi connectivity index (χ0v) is 22.7. The fourth-order valence-corrected chi connectivity index (χ4v) is 3.05. The number of nitrogens with one attached hydrogen (secondary N) is 2. The molecule has 1 atom stereocenters. The van der Waals surface area contributed by atoms with Crippen molar-refractivity contribution in [3.63, 3.8) is 0 Å². The van der Waals surface area contributed by atoms with Crippen molar-refractivity contribution in [2.24, 2.45) is 5.92 Å². The van der Waals surface area contributed by atoms with Gasteiger partial charge in [0.15, 0.2) is 5.65 Å². The van der Waals surface area contributed by atoms with Crippen LogP contribution >= 0.6 is 0 Å². The van der Waals surface area contributed by atoms with E-state index in [-0.39, 0.29) is 30.3 Å².